The molecule has 2 aliphatic heterocycles. The molecule has 3 heterocycles. The lowest BCUT2D eigenvalue weighted by Gasteiger charge is -2.27. The van der Waals surface area contributed by atoms with Gasteiger partial charge in [-0.15, -0.1) is 0 Å². The third-order valence-electron chi connectivity index (χ3n) is 6.57. The monoisotopic (exact) mass is 517 g/mol. The number of amides is 1. The van der Waals surface area contributed by atoms with E-state index in [1.807, 2.05) is 72.5 Å². The molecule has 1 atom stereocenters. The van der Waals surface area contributed by atoms with Gasteiger partial charge in [-0.2, -0.15) is 5.10 Å². The number of nitrogens with zero attached hydrogens (tertiary/aromatic N) is 2. The highest BCUT2D eigenvalue weighted by Crippen LogP contribution is 2.45. The number of H-pyrrole nitrogens is 1. The van der Waals surface area contributed by atoms with Crippen molar-refractivity contribution in [2.45, 2.75) is 19.5 Å². The standard InChI is InChI=1S/C28H24ClN3O5/c1-3-35-20-11-7-18(13-22(20)34-2)27-24-25(17-5-8-19(29)9-6-17)30-31-26(24)28(33)32(27)14-16-4-10-21-23(12-16)37-15-36-21/h4-13,27H,3,14-15H2,1-2H3,(H,30,31). The number of rotatable bonds is 7. The van der Waals surface area contributed by atoms with Crippen LogP contribution in [0.4, 0.5) is 0 Å². The second kappa shape index (κ2) is 9.37. The van der Waals surface area contributed by atoms with Crippen molar-refractivity contribution in [3.05, 3.63) is 88.1 Å². The summed E-state index contributed by atoms with van der Waals surface area (Å²) in [5.41, 5.74) is 4.63. The van der Waals surface area contributed by atoms with E-state index in [4.69, 9.17) is 30.5 Å². The van der Waals surface area contributed by atoms with Gasteiger partial charge in [-0.25, -0.2) is 0 Å². The number of benzene rings is 3. The smallest absolute Gasteiger partial charge is 0.273 e. The van der Waals surface area contributed by atoms with Crippen molar-refractivity contribution in [1.29, 1.82) is 0 Å². The SMILES string of the molecule is CCOc1ccc(C2c3c(-c4ccc(Cl)cc4)n[nH]c3C(=O)N2Cc2ccc3c(c2)OCO3)cc1OC. The molecule has 0 spiro atoms. The summed E-state index contributed by atoms with van der Waals surface area (Å²) in [6.45, 7) is 2.99. The molecular weight excluding hydrogens is 494 g/mol. The topological polar surface area (TPSA) is 85.9 Å². The van der Waals surface area contributed by atoms with Gasteiger partial charge in [-0.1, -0.05) is 35.9 Å². The Bertz CT molecular complexity index is 1480. The third kappa shape index (κ3) is 4.03. The molecular formula is C28H24ClN3O5. The summed E-state index contributed by atoms with van der Waals surface area (Å²) in [4.78, 5) is 15.6. The minimum atomic E-state index is -0.415. The zero-order chi connectivity index (χ0) is 25.5. The summed E-state index contributed by atoms with van der Waals surface area (Å²) in [5, 5.41) is 8.15. The fourth-order valence-electron chi connectivity index (χ4n) is 4.90. The van der Waals surface area contributed by atoms with Crippen LogP contribution in [0.1, 0.15) is 40.1 Å². The summed E-state index contributed by atoms with van der Waals surface area (Å²) >= 11 is 6.13. The summed E-state index contributed by atoms with van der Waals surface area (Å²) in [6.07, 6.45) is 0. The minimum absolute atomic E-state index is 0.141. The van der Waals surface area contributed by atoms with Gasteiger partial charge in [0.15, 0.2) is 23.0 Å². The van der Waals surface area contributed by atoms with E-state index in [9.17, 15) is 4.79 Å². The Morgan fingerprint density at radius 3 is 2.65 bits per heavy atom. The number of fused-ring (bicyclic) bond motifs is 2. The maximum atomic E-state index is 13.8. The van der Waals surface area contributed by atoms with Crippen molar-refractivity contribution in [2.75, 3.05) is 20.5 Å². The van der Waals surface area contributed by atoms with Gasteiger partial charge in [0.25, 0.3) is 5.91 Å². The van der Waals surface area contributed by atoms with E-state index in [0.717, 1.165) is 22.3 Å². The first-order valence-corrected chi connectivity index (χ1v) is 12.3. The summed E-state index contributed by atoms with van der Waals surface area (Å²) in [6, 6.07) is 18.5. The second-order valence-electron chi connectivity index (χ2n) is 8.73. The predicted molar refractivity (Wildman–Crippen MR) is 137 cm³/mol. The van der Waals surface area contributed by atoms with Crippen molar-refractivity contribution in [3.8, 4) is 34.3 Å². The highest BCUT2D eigenvalue weighted by atomic mass is 35.5. The Morgan fingerprint density at radius 1 is 1.05 bits per heavy atom. The Labute approximate surface area is 218 Å². The number of halogens is 1. The molecule has 188 valence electrons. The zero-order valence-electron chi connectivity index (χ0n) is 20.3. The quantitative estimate of drug-likeness (QED) is 0.343. The average molecular weight is 518 g/mol. The molecule has 3 aromatic carbocycles. The molecule has 8 nitrogen and oxygen atoms in total. The lowest BCUT2D eigenvalue weighted by atomic mass is 9.95. The molecule has 0 saturated heterocycles. The molecule has 37 heavy (non-hydrogen) atoms. The van der Waals surface area contributed by atoms with Gasteiger partial charge in [-0.3, -0.25) is 9.89 Å². The molecule has 6 rings (SSSR count). The van der Waals surface area contributed by atoms with Crippen LogP contribution in [0, 0.1) is 0 Å². The van der Waals surface area contributed by atoms with Gasteiger partial charge in [0.1, 0.15) is 5.69 Å². The zero-order valence-corrected chi connectivity index (χ0v) is 21.0. The average Bonchev–Trinajstić information content (AvgIpc) is 3.62. The summed E-state index contributed by atoms with van der Waals surface area (Å²) in [5.74, 6) is 2.47. The largest absolute Gasteiger partial charge is 0.493 e. The van der Waals surface area contributed by atoms with E-state index in [2.05, 4.69) is 10.2 Å². The van der Waals surface area contributed by atoms with Crippen LogP contribution >= 0.6 is 11.6 Å². The fraction of sp³-hybridized carbons (Fsp3) is 0.214. The van der Waals surface area contributed by atoms with Crippen molar-refractivity contribution < 1.29 is 23.7 Å². The molecule has 1 aromatic heterocycles. The Kier molecular flexibility index (Phi) is 5.88. The van der Waals surface area contributed by atoms with E-state index in [0.29, 0.717) is 52.6 Å². The molecule has 0 aliphatic carbocycles. The Hall–Kier alpha value is -4.17. The number of aromatic nitrogens is 2. The number of aromatic amines is 1. The first-order chi connectivity index (χ1) is 18.1. The number of ether oxygens (including phenoxy) is 4. The van der Waals surface area contributed by atoms with Crippen molar-refractivity contribution in [3.63, 3.8) is 0 Å². The van der Waals surface area contributed by atoms with Crippen molar-refractivity contribution >= 4 is 17.5 Å². The maximum Gasteiger partial charge on any atom is 0.273 e. The van der Waals surface area contributed by atoms with Crippen LogP contribution in [0.3, 0.4) is 0 Å². The maximum absolute atomic E-state index is 13.8. The van der Waals surface area contributed by atoms with E-state index < -0.39 is 6.04 Å². The number of methoxy groups -OCH3 is 1. The molecule has 1 unspecified atom stereocenters. The third-order valence-corrected chi connectivity index (χ3v) is 6.83. The lowest BCUT2D eigenvalue weighted by Crippen LogP contribution is -2.29. The lowest BCUT2D eigenvalue weighted by molar-refractivity contribution is 0.0729. The van der Waals surface area contributed by atoms with Crippen LogP contribution in [0.25, 0.3) is 11.3 Å². The van der Waals surface area contributed by atoms with Crippen LogP contribution in [0.5, 0.6) is 23.0 Å². The molecule has 2 aliphatic rings. The number of carbonyl (C=O) groups is 1. The van der Waals surface area contributed by atoms with Crippen LogP contribution in [0.2, 0.25) is 5.02 Å². The highest BCUT2D eigenvalue weighted by molar-refractivity contribution is 6.30. The summed E-state index contributed by atoms with van der Waals surface area (Å²) in [7, 11) is 1.61. The van der Waals surface area contributed by atoms with E-state index in [1.54, 1.807) is 7.11 Å². The normalized spacial score (nSPS) is 15.7. The molecule has 0 saturated carbocycles. The van der Waals surface area contributed by atoms with Gasteiger partial charge in [0, 0.05) is 22.7 Å². The highest BCUT2D eigenvalue weighted by Gasteiger charge is 2.42. The van der Waals surface area contributed by atoms with Gasteiger partial charge in [-0.05, 0) is 54.4 Å². The van der Waals surface area contributed by atoms with Crippen LogP contribution in [0.15, 0.2) is 60.7 Å². The van der Waals surface area contributed by atoms with E-state index in [-0.39, 0.29) is 12.7 Å². The number of hydrogen-bond acceptors (Lipinski definition) is 6. The second-order valence-corrected chi connectivity index (χ2v) is 9.17. The first kappa shape index (κ1) is 23.2. The number of carbonyl (C=O) groups excluding carboxylic acids is 1. The van der Waals surface area contributed by atoms with Gasteiger partial charge in [0.05, 0.1) is 25.5 Å². The van der Waals surface area contributed by atoms with Crippen LogP contribution < -0.4 is 18.9 Å². The minimum Gasteiger partial charge on any atom is -0.493 e. The first-order valence-electron chi connectivity index (χ1n) is 11.9. The van der Waals surface area contributed by atoms with Gasteiger partial charge >= 0.3 is 0 Å². The van der Waals surface area contributed by atoms with Crippen LogP contribution in [-0.2, 0) is 6.54 Å². The predicted octanol–water partition coefficient (Wildman–Crippen LogP) is 5.61. The molecule has 1 amide bonds. The molecule has 4 aromatic rings. The van der Waals surface area contributed by atoms with Gasteiger partial charge in [0.2, 0.25) is 6.79 Å². The molecule has 0 bridgehead atoms. The number of nitrogens with one attached hydrogen (secondary N) is 1. The van der Waals surface area contributed by atoms with Crippen molar-refractivity contribution in [1.82, 2.24) is 15.1 Å². The molecule has 9 heteroatoms. The van der Waals surface area contributed by atoms with E-state index >= 15 is 0 Å². The molecule has 0 fully saturated rings. The fourth-order valence-corrected chi connectivity index (χ4v) is 5.03. The Morgan fingerprint density at radius 2 is 1.86 bits per heavy atom. The van der Waals surface area contributed by atoms with Gasteiger partial charge < -0.3 is 23.8 Å². The summed E-state index contributed by atoms with van der Waals surface area (Å²) < 4.78 is 22.4. The molecule has 0 radical (unpaired) electrons. The Balaban J connectivity index is 1.46. The van der Waals surface area contributed by atoms with Crippen LogP contribution in [-0.4, -0.2) is 41.5 Å². The van der Waals surface area contributed by atoms with Crippen molar-refractivity contribution in [2.24, 2.45) is 0 Å². The number of hydrogen-bond donors (Lipinski definition) is 1. The van der Waals surface area contributed by atoms with E-state index in [1.165, 1.54) is 0 Å². The molecule has 1 N–H and O–H groups in total.